The number of rotatable bonds is 11. The number of hydrogen-bond donors (Lipinski definition) is 1. The largest absolute Gasteiger partial charge is 0.500 e. The Hall–Kier alpha value is -2.19. The second-order valence-electron chi connectivity index (χ2n) is 7.21. The summed E-state index contributed by atoms with van der Waals surface area (Å²) in [5, 5.41) is 3.07. The maximum Gasteiger partial charge on any atom is 0.500 e. The first-order chi connectivity index (χ1) is 14.5. The van der Waals surface area contributed by atoms with Gasteiger partial charge in [-0.25, -0.2) is 4.79 Å². The molecule has 7 heteroatoms. The highest BCUT2D eigenvalue weighted by molar-refractivity contribution is 6.60. The molecule has 0 aliphatic rings. The number of nitrogens with one attached hydrogen (secondary N) is 1. The summed E-state index contributed by atoms with van der Waals surface area (Å²) in [6.07, 6.45) is 0.709. The highest BCUT2D eigenvalue weighted by Gasteiger charge is 2.37. The van der Waals surface area contributed by atoms with E-state index in [9.17, 15) is 4.79 Å². The van der Waals surface area contributed by atoms with E-state index in [-0.39, 0.29) is 18.1 Å². The van der Waals surface area contributed by atoms with Crippen LogP contribution in [0.4, 0.5) is 4.79 Å². The van der Waals surface area contributed by atoms with E-state index in [0.29, 0.717) is 19.0 Å². The van der Waals surface area contributed by atoms with Gasteiger partial charge in [0.25, 0.3) is 0 Å². The lowest BCUT2D eigenvalue weighted by molar-refractivity contribution is 0.122. The van der Waals surface area contributed by atoms with Gasteiger partial charge in [-0.05, 0) is 31.4 Å². The van der Waals surface area contributed by atoms with Crippen molar-refractivity contribution in [3.63, 3.8) is 0 Å². The Labute approximate surface area is 181 Å². The monoisotopic (exact) mass is 430 g/mol. The van der Waals surface area contributed by atoms with Gasteiger partial charge in [0.2, 0.25) is 0 Å². The Bertz CT molecular complexity index is 703. The summed E-state index contributed by atoms with van der Waals surface area (Å²) in [6.45, 7) is 4.64. The lowest BCUT2D eigenvalue weighted by Crippen LogP contribution is -2.45. The number of benzene rings is 2. The van der Waals surface area contributed by atoms with Crippen molar-refractivity contribution in [3.8, 4) is 0 Å². The fourth-order valence-electron chi connectivity index (χ4n) is 3.62. The van der Waals surface area contributed by atoms with Crippen LogP contribution in [0.5, 0.6) is 0 Å². The zero-order valence-electron chi connectivity index (χ0n) is 18.6. The molecule has 0 bridgehead atoms. The predicted octanol–water partition coefficient (Wildman–Crippen LogP) is 4.79. The van der Waals surface area contributed by atoms with Crippen LogP contribution in [-0.4, -0.2) is 47.6 Å². The third-order valence-corrected chi connectivity index (χ3v) is 8.33. The first-order valence-electron chi connectivity index (χ1n) is 10.3. The summed E-state index contributed by atoms with van der Waals surface area (Å²) in [7, 11) is 2.17. The Morgan fingerprint density at radius 3 is 1.70 bits per heavy atom. The molecule has 0 spiro atoms. The van der Waals surface area contributed by atoms with E-state index < -0.39 is 8.80 Å². The molecule has 0 saturated carbocycles. The SMILES string of the molecule is CO[Si](CCCNC(=O)N(C(C)c1ccccc1)[C@H](C)c1ccccc1)(OC)OC. The maximum absolute atomic E-state index is 13.2. The van der Waals surface area contributed by atoms with Crippen LogP contribution in [0.15, 0.2) is 60.7 Å². The average Bonchev–Trinajstić information content (AvgIpc) is 2.81. The van der Waals surface area contributed by atoms with Gasteiger partial charge in [-0.2, -0.15) is 0 Å². The van der Waals surface area contributed by atoms with Crippen LogP contribution in [-0.2, 0) is 13.3 Å². The van der Waals surface area contributed by atoms with E-state index in [4.69, 9.17) is 13.3 Å². The van der Waals surface area contributed by atoms with E-state index in [1.807, 2.05) is 41.3 Å². The summed E-state index contributed by atoms with van der Waals surface area (Å²) >= 11 is 0. The molecular weight excluding hydrogens is 396 g/mol. The van der Waals surface area contributed by atoms with Crippen LogP contribution in [0.1, 0.15) is 43.5 Å². The number of urea groups is 1. The Kier molecular flexibility index (Phi) is 9.52. The third-order valence-electron chi connectivity index (χ3n) is 5.50. The minimum Gasteiger partial charge on any atom is -0.377 e. The number of amides is 2. The molecule has 1 N–H and O–H groups in total. The molecule has 2 aromatic rings. The number of carbonyl (C=O) groups excluding carboxylic acids is 1. The van der Waals surface area contributed by atoms with Gasteiger partial charge in [-0.15, -0.1) is 0 Å². The lowest BCUT2D eigenvalue weighted by atomic mass is 10.0. The van der Waals surface area contributed by atoms with E-state index in [2.05, 4.69) is 43.4 Å². The normalized spacial score (nSPS) is 13.5. The van der Waals surface area contributed by atoms with E-state index in [1.54, 1.807) is 21.3 Å². The van der Waals surface area contributed by atoms with Crippen molar-refractivity contribution < 1.29 is 18.1 Å². The van der Waals surface area contributed by atoms with Gasteiger partial charge in [0.15, 0.2) is 0 Å². The lowest BCUT2D eigenvalue weighted by Gasteiger charge is -2.35. The standard InChI is InChI=1S/C23H34N2O4Si/c1-19(21-13-8-6-9-14-21)25(20(2)22-15-10-7-11-16-22)23(26)24-17-12-18-30(27-3,28-4)29-5/h6-11,13-16,19-20H,12,17-18H2,1-5H3,(H,24,26)/t19-,20?/m1/s1. The zero-order valence-corrected chi connectivity index (χ0v) is 19.6. The van der Waals surface area contributed by atoms with Crippen molar-refractivity contribution >= 4 is 14.8 Å². The molecule has 2 aromatic carbocycles. The summed E-state index contributed by atoms with van der Waals surface area (Å²) in [6, 6.07) is 20.6. The molecule has 2 rings (SSSR count). The summed E-state index contributed by atoms with van der Waals surface area (Å²) in [4.78, 5) is 15.1. The number of hydrogen-bond acceptors (Lipinski definition) is 4. The van der Waals surface area contributed by atoms with Crippen molar-refractivity contribution in [1.82, 2.24) is 10.2 Å². The topological polar surface area (TPSA) is 60.0 Å². The number of carbonyl (C=O) groups is 1. The quantitative estimate of drug-likeness (QED) is 0.411. The molecule has 30 heavy (non-hydrogen) atoms. The Morgan fingerprint density at radius 1 is 0.867 bits per heavy atom. The van der Waals surface area contributed by atoms with Gasteiger partial charge in [-0.3, -0.25) is 0 Å². The molecule has 0 radical (unpaired) electrons. The van der Waals surface area contributed by atoms with Crippen molar-refractivity contribution in [3.05, 3.63) is 71.8 Å². The molecule has 1 unspecified atom stereocenters. The van der Waals surface area contributed by atoms with Gasteiger partial charge in [0.05, 0.1) is 12.1 Å². The highest BCUT2D eigenvalue weighted by atomic mass is 28.4. The average molecular weight is 431 g/mol. The van der Waals surface area contributed by atoms with Crippen LogP contribution in [0.3, 0.4) is 0 Å². The zero-order chi connectivity index (χ0) is 22.0. The predicted molar refractivity (Wildman–Crippen MR) is 121 cm³/mol. The first-order valence-corrected chi connectivity index (χ1v) is 12.2. The number of nitrogens with zero attached hydrogens (tertiary/aromatic N) is 1. The summed E-state index contributed by atoms with van der Waals surface area (Å²) in [5.74, 6) is 0. The molecular formula is C23H34N2O4Si. The highest BCUT2D eigenvalue weighted by Crippen LogP contribution is 2.30. The van der Waals surface area contributed by atoms with Crippen LogP contribution < -0.4 is 5.32 Å². The van der Waals surface area contributed by atoms with Gasteiger partial charge in [-0.1, -0.05) is 60.7 Å². The minimum atomic E-state index is -2.63. The molecule has 0 aromatic heterocycles. The van der Waals surface area contributed by atoms with Crippen molar-refractivity contribution in [2.75, 3.05) is 27.9 Å². The van der Waals surface area contributed by atoms with Gasteiger partial charge in [0, 0.05) is 33.9 Å². The Balaban J connectivity index is 2.11. The summed E-state index contributed by atoms with van der Waals surface area (Å²) in [5.41, 5.74) is 2.19. The van der Waals surface area contributed by atoms with Crippen LogP contribution in [0, 0.1) is 0 Å². The second kappa shape index (κ2) is 11.9. The van der Waals surface area contributed by atoms with Gasteiger partial charge >= 0.3 is 14.8 Å². The van der Waals surface area contributed by atoms with Crippen molar-refractivity contribution in [2.24, 2.45) is 0 Å². The molecule has 0 saturated heterocycles. The molecule has 2 amide bonds. The van der Waals surface area contributed by atoms with Crippen molar-refractivity contribution in [1.29, 1.82) is 0 Å². The van der Waals surface area contributed by atoms with Crippen LogP contribution >= 0.6 is 0 Å². The van der Waals surface area contributed by atoms with Gasteiger partial charge in [0.1, 0.15) is 0 Å². The second-order valence-corrected chi connectivity index (χ2v) is 10.3. The van der Waals surface area contributed by atoms with E-state index in [1.165, 1.54) is 0 Å². The smallest absolute Gasteiger partial charge is 0.377 e. The van der Waals surface area contributed by atoms with Crippen molar-refractivity contribution in [2.45, 2.75) is 38.4 Å². The van der Waals surface area contributed by atoms with E-state index >= 15 is 0 Å². The molecule has 0 fully saturated rings. The van der Waals surface area contributed by atoms with Crippen LogP contribution in [0.2, 0.25) is 6.04 Å². The van der Waals surface area contributed by atoms with E-state index in [0.717, 1.165) is 11.1 Å². The molecule has 6 nitrogen and oxygen atoms in total. The van der Waals surface area contributed by atoms with Gasteiger partial charge < -0.3 is 23.5 Å². The molecule has 0 aliphatic heterocycles. The molecule has 0 heterocycles. The fourth-order valence-corrected chi connectivity index (χ4v) is 5.34. The molecule has 164 valence electrons. The third kappa shape index (κ3) is 6.15. The molecule has 0 aliphatic carbocycles. The molecule has 2 atom stereocenters. The van der Waals surface area contributed by atoms with Crippen LogP contribution in [0.25, 0.3) is 0 Å². The minimum absolute atomic E-state index is 0.0770. The first kappa shape index (κ1) is 24.1. The fraction of sp³-hybridized carbons (Fsp3) is 0.435. The summed E-state index contributed by atoms with van der Waals surface area (Å²) < 4.78 is 16.4. The maximum atomic E-state index is 13.2. The Morgan fingerprint density at radius 2 is 1.30 bits per heavy atom.